The standard InChI is InChI=1S/C21H18FN5O2.C5H10/c1-11-3-4-12-18(9-29-19(12)5-11)26(2)21(28)13-6-16-15(7-14(13)22)25-20(23)17-8-24-10-27(16)17;1-5(2)3-4-5/h3-8,10,18H,9H2,1-2H3,(H2,23,25);3-4H2,1-2H3. The highest BCUT2D eigenvalue weighted by atomic mass is 19.1. The second-order valence-corrected chi connectivity index (χ2v) is 9.92. The molecule has 1 unspecified atom stereocenters. The van der Waals surface area contributed by atoms with Crippen LogP contribution in [0.2, 0.25) is 0 Å². The summed E-state index contributed by atoms with van der Waals surface area (Å²) < 4.78 is 22.3. The maximum Gasteiger partial charge on any atom is 0.257 e. The number of rotatable bonds is 2. The summed E-state index contributed by atoms with van der Waals surface area (Å²) in [4.78, 5) is 23.0. The molecule has 1 fully saturated rings. The molecular formula is C26H28FN5O2. The van der Waals surface area contributed by atoms with Gasteiger partial charge in [-0.1, -0.05) is 26.0 Å². The fourth-order valence-corrected chi connectivity index (χ4v) is 4.06. The van der Waals surface area contributed by atoms with Gasteiger partial charge < -0.3 is 15.4 Å². The van der Waals surface area contributed by atoms with Crippen molar-refractivity contribution >= 4 is 28.3 Å². The van der Waals surface area contributed by atoms with Gasteiger partial charge in [0.1, 0.15) is 29.5 Å². The molecule has 7 nitrogen and oxygen atoms in total. The number of hydrogen-bond donors (Lipinski definition) is 1. The van der Waals surface area contributed by atoms with Crippen molar-refractivity contribution in [2.75, 3.05) is 19.4 Å². The number of hydrogen-bond acceptors (Lipinski definition) is 5. The molecule has 2 aromatic heterocycles. The highest BCUT2D eigenvalue weighted by Crippen LogP contribution is 2.43. The number of carbonyl (C=O) groups is 1. The number of aryl methyl sites for hydroxylation is 1. The van der Waals surface area contributed by atoms with Crippen molar-refractivity contribution in [3.05, 3.63) is 65.4 Å². The number of benzene rings is 2. The predicted octanol–water partition coefficient (Wildman–Crippen LogP) is 4.92. The molecule has 1 atom stereocenters. The monoisotopic (exact) mass is 461 g/mol. The molecule has 1 amide bonds. The second kappa shape index (κ2) is 7.97. The van der Waals surface area contributed by atoms with Crippen molar-refractivity contribution in [3.8, 4) is 5.75 Å². The number of carbonyl (C=O) groups excluding carboxylic acids is 1. The third kappa shape index (κ3) is 3.93. The number of anilines is 1. The van der Waals surface area contributed by atoms with Crippen LogP contribution in [-0.4, -0.2) is 38.8 Å². The highest BCUT2D eigenvalue weighted by molar-refractivity contribution is 5.98. The van der Waals surface area contributed by atoms with E-state index in [0.717, 1.165) is 22.3 Å². The van der Waals surface area contributed by atoms with Crippen LogP contribution in [0.25, 0.3) is 16.6 Å². The second-order valence-electron chi connectivity index (χ2n) is 9.92. The molecule has 176 valence electrons. The molecule has 0 radical (unpaired) electrons. The van der Waals surface area contributed by atoms with Crippen molar-refractivity contribution in [1.82, 2.24) is 19.3 Å². The number of ether oxygens (including phenoxy) is 1. The zero-order valence-electron chi connectivity index (χ0n) is 19.8. The number of nitrogen functional groups attached to an aromatic ring is 1. The predicted molar refractivity (Wildman–Crippen MR) is 129 cm³/mol. The molecule has 0 spiro atoms. The summed E-state index contributed by atoms with van der Waals surface area (Å²) in [7, 11) is 1.66. The van der Waals surface area contributed by atoms with Crippen molar-refractivity contribution in [1.29, 1.82) is 0 Å². The Hall–Kier alpha value is -3.68. The average Bonchev–Trinajstić information content (AvgIpc) is 3.19. The van der Waals surface area contributed by atoms with E-state index in [1.807, 2.05) is 25.1 Å². The molecule has 2 N–H and O–H groups in total. The number of imidazole rings is 1. The maximum absolute atomic E-state index is 14.8. The Balaban J connectivity index is 0.000000429. The van der Waals surface area contributed by atoms with Crippen molar-refractivity contribution in [3.63, 3.8) is 0 Å². The molecule has 6 rings (SSSR count). The summed E-state index contributed by atoms with van der Waals surface area (Å²) in [6.45, 7) is 6.91. The quantitative estimate of drug-likeness (QED) is 0.458. The van der Waals surface area contributed by atoms with Gasteiger partial charge in [-0.3, -0.25) is 9.20 Å². The molecular weight excluding hydrogens is 433 g/mol. The minimum atomic E-state index is -0.649. The SMILES string of the molecule is CC1(C)CC1.Cc1ccc2c(c1)OCC2N(C)C(=O)c1cc2c(cc1F)nc(N)c1cncn12. The summed E-state index contributed by atoms with van der Waals surface area (Å²) in [6, 6.07) is 8.30. The molecule has 2 aliphatic rings. The van der Waals surface area contributed by atoms with Crippen molar-refractivity contribution in [2.24, 2.45) is 5.41 Å². The third-order valence-corrected chi connectivity index (χ3v) is 6.66. The molecule has 1 aliphatic carbocycles. The van der Waals surface area contributed by atoms with Crippen LogP contribution in [0.1, 0.15) is 54.2 Å². The first-order valence-electron chi connectivity index (χ1n) is 11.4. The van der Waals surface area contributed by atoms with E-state index in [-0.39, 0.29) is 17.4 Å². The molecule has 1 aliphatic heterocycles. The first-order chi connectivity index (χ1) is 16.1. The molecule has 1 saturated carbocycles. The minimum absolute atomic E-state index is 0.0397. The summed E-state index contributed by atoms with van der Waals surface area (Å²) in [6.07, 6.45) is 6.04. The largest absolute Gasteiger partial charge is 0.491 e. The summed E-state index contributed by atoms with van der Waals surface area (Å²) >= 11 is 0. The lowest BCUT2D eigenvalue weighted by Crippen LogP contribution is -2.32. The van der Waals surface area contributed by atoms with Crippen LogP contribution < -0.4 is 10.5 Å². The van der Waals surface area contributed by atoms with Gasteiger partial charge in [0.05, 0.1) is 35.2 Å². The maximum atomic E-state index is 14.8. The lowest BCUT2D eigenvalue weighted by Gasteiger charge is -2.24. The Morgan fingerprint density at radius 1 is 1.24 bits per heavy atom. The van der Waals surface area contributed by atoms with Gasteiger partial charge in [-0.05, 0) is 42.9 Å². The number of halogens is 1. The van der Waals surface area contributed by atoms with Gasteiger partial charge in [0.25, 0.3) is 5.91 Å². The van der Waals surface area contributed by atoms with E-state index in [2.05, 4.69) is 23.8 Å². The number of nitrogens with zero attached hydrogens (tertiary/aromatic N) is 4. The summed E-state index contributed by atoms with van der Waals surface area (Å²) in [5, 5.41) is 0. The van der Waals surface area contributed by atoms with Gasteiger partial charge in [-0.25, -0.2) is 14.4 Å². The van der Waals surface area contributed by atoms with Crippen LogP contribution in [0.4, 0.5) is 10.2 Å². The first-order valence-corrected chi connectivity index (χ1v) is 11.4. The smallest absolute Gasteiger partial charge is 0.257 e. The highest BCUT2D eigenvalue weighted by Gasteiger charge is 2.32. The summed E-state index contributed by atoms with van der Waals surface area (Å²) in [5.74, 6) is -0.0747. The van der Waals surface area contributed by atoms with E-state index in [1.54, 1.807) is 24.0 Å². The van der Waals surface area contributed by atoms with Crippen LogP contribution in [0.15, 0.2) is 42.9 Å². The number of aromatic nitrogens is 3. The Morgan fingerprint density at radius 3 is 2.68 bits per heavy atom. The number of likely N-dealkylation sites (N-methyl/N-ethyl adjacent to an activating group) is 1. The third-order valence-electron chi connectivity index (χ3n) is 6.66. The van der Waals surface area contributed by atoms with Gasteiger partial charge in [-0.2, -0.15) is 0 Å². The van der Waals surface area contributed by atoms with Crippen molar-refractivity contribution in [2.45, 2.75) is 39.7 Å². The normalized spacial score (nSPS) is 17.6. The topological polar surface area (TPSA) is 85.8 Å². The van der Waals surface area contributed by atoms with E-state index in [4.69, 9.17) is 10.5 Å². The van der Waals surface area contributed by atoms with E-state index in [0.29, 0.717) is 23.2 Å². The Morgan fingerprint density at radius 2 is 1.97 bits per heavy atom. The lowest BCUT2D eigenvalue weighted by atomic mass is 10.0. The number of fused-ring (bicyclic) bond motifs is 4. The fourth-order valence-electron chi connectivity index (χ4n) is 4.06. The van der Waals surface area contributed by atoms with Crippen LogP contribution in [0, 0.1) is 18.2 Å². The van der Waals surface area contributed by atoms with Crippen LogP contribution in [0.5, 0.6) is 5.75 Å². The number of nitrogens with two attached hydrogens (primary N) is 1. The van der Waals surface area contributed by atoms with Gasteiger partial charge in [0.15, 0.2) is 0 Å². The van der Waals surface area contributed by atoms with Gasteiger partial charge in [-0.15, -0.1) is 0 Å². The molecule has 0 bridgehead atoms. The Bertz CT molecular complexity index is 1420. The van der Waals surface area contributed by atoms with Crippen LogP contribution in [0.3, 0.4) is 0 Å². The first kappa shape index (κ1) is 22.1. The summed E-state index contributed by atoms with van der Waals surface area (Å²) in [5.41, 5.74) is 10.1. The molecule has 8 heteroatoms. The fraction of sp³-hybridized carbons (Fsp3) is 0.346. The Kier molecular flexibility index (Phi) is 5.19. The molecule has 2 aromatic carbocycles. The molecule has 4 aromatic rings. The molecule has 3 heterocycles. The van der Waals surface area contributed by atoms with E-state index in [9.17, 15) is 9.18 Å². The van der Waals surface area contributed by atoms with Crippen LogP contribution >= 0.6 is 0 Å². The number of amides is 1. The lowest BCUT2D eigenvalue weighted by molar-refractivity contribution is 0.0704. The Labute approximate surface area is 197 Å². The van der Waals surface area contributed by atoms with E-state index < -0.39 is 11.7 Å². The van der Waals surface area contributed by atoms with Gasteiger partial charge in [0, 0.05) is 18.7 Å². The minimum Gasteiger partial charge on any atom is -0.491 e. The molecule has 34 heavy (non-hydrogen) atoms. The van der Waals surface area contributed by atoms with Crippen molar-refractivity contribution < 1.29 is 13.9 Å². The van der Waals surface area contributed by atoms with E-state index in [1.165, 1.54) is 29.9 Å². The van der Waals surface area contributed by atoms with Gasteiger partial charge in [0.2, 0.25) is 0 Å². The van der Waals surface area contributed by atoms with Crippen LogP contribution in [-0.2, 0) is 0 Å². The van der Waals surface area contributed by atoms with E-state index >= 15 is 0 Å². The zero-order valence-corrected chi connectivity index (χ0v) is 19.8. The molecule has 0 saturated heterocycles. The van der Waals surface area contributed by atoms with Gasteiger partial charge >= 0.3 is 0 Å². The average molecular weight is 462 g/mol. The zero-order chi connectivity index (χ0) is 24.2.